The molecule has 0 saturated heterocycles. The number of nitrogens with one attached hydrogen (secondary N) is 1. The molecule has 1 aromatic rings. The number of carbonyl (C=O) groups excluding carboxylic acids is 1. The largest absolute Gasteiger partial charge is 0.350 e. The van der Waals surface area contributed by atoms with E-state index in [1.807, 2.05) is 0 Å². The molecule has 0 bridgehead atoms. The molecule has 34 heavy (non-hydrogen) atoms. The number of amides is 1. The van der Waals surface area contributed by atoms with Gasteiger partial charge in [-0.1, -0.05) is 82.4 Å². The zero-order valence-electron chi connectivity index (χ0n) is 21.6. The van der Waals surface area contributed by atoms with Crippen molar-refractivity contribution in [1.82, 2.24) is 5.32 Å². The molecule has 3 aliphatic rings. The topological polar surface area (TPSA) is 29.1 Å². The minimum absolute atomic E-state index is 0.0362. The highest BCUT2D eigenvalue weighted by atomic mass is 16.1. The fraction of sp³-hybridized carbons (Fsp3) is 0.656. The summed E-state index contributed by atoms with van der Waals surface area (Å²) in [5, 5.41) is 3.07. The van der Waals surface area contributed by atoms with Gasteiger partial charge < -0.3 is 5.32 Å². The molecule has 2 nitrogen and oxygen atoms in total. The Morgan fingerprint density at radius 1 is 0.941 bits per heavy atom. The maximum Gasteiger partial charge on any atom is 0.243 e. The number of rotatable bonds is 9. The fourth-order valence-electron chi connectivity index (χ4n) is 6.98. The number of allylic oxidation sites excluding steroid dienone is 2. The smallest absolute Gasteiger partial charge is 0.243 e. The maximum atomic E-state index is 11.6. The van der Waals surface area contributed by atoms with Crippen LogP contribution in [0.15, 0.2) is 43.0 Å². The second-order valence-electron chi connectivity index (χ2n) is 11.4. The Morgan fingerprint density at radius 2 is 1.68 bits per heavy atom. The Bertz CT molecular complexity index is 806. The lowest BCUT2D eigenvalue weighted by Gasteiger charge is -2.35. The van der Waals surface area contributed by atoms with Gasteiger partial charge in [0.2, 0.25) is 5.91 Å². The van der Waals surface area contributed by atoms with Crippen LogP contribution in [-0.2, 0) is 4.79 Å². The minimum atomic E-state index is -0.0362. The van der Waals surface area contributed by atoms with E-state index in [1.165, 1.54) is 87.8 Å². The number of carbonyl (C=O) groups is 1. The lowest BCUT2D eigenvalue weighted by molar-refractivity contribution is -0.117. The van der Waals surface area contributed by atoms with E-state index in [0.29, 0.717) is 12.0 Å². The van der Waals surface area contributed by atoms with Gasteiger partial charge in [0.15, 0.2) is 0 Å². The van der Waals surface area contributed by atoms with Gasteiger partial charge in [-0.2, -0.15) is 0 Å². The van der Waals surface area contributed by atoms with E-state index in [2.05, 4.69) is 49.2 Å². The molecule has 0 heterocycles. The first kappa shape index (κ1) is 25.3. The summed E-state index contributed by atoms with van der Waals surface area (Å²) in [4.78, 5) is 11.6. The monoisotopic (exact) mass is 461 g/mol. The van der Waals surface area contributed by atoms with Gasteiger partial charge in [-0.15, -0.1) is 0 Å². The van der Waals surface area contributed by atoms with Crippen molar-refractivity contribution in [2.75, 3.05) is 0 Å². The van der Waals surface area contributed by atoms with Crippen molar-refractivity contribution in [2.24, 2.45) is 17.8 Å². The summed E-state index contributed by atoms with van der Waals surface area (Å²) in [5.41, 5.74) is 4.49. The van der Waals surface area contributed by atoms with E-state index < -0.39 is 0 Å². The summed E-state index contributed by atoms with van der Waals surface area (Å²) in [6.07, 6.45) is 24.0. The van der Waals surface area contributed by atoms with Gasteiger partial charge in [-0.05, 0) is 104 Å². The first-order chi connectivity index (χ1) is 16.7. The summed E-state index contributed by atoms with van der Waals surface area (Å²) in [7, 11) is 0. The summed E-state index contributed by atoms with van der Waals surface area (Å²) in [5.74, 6) is 3.53. The summed E-state index contributed by atoms with van der Waals surface area (Å²) in [6.45, 7) is 5.88. The predicted octanol–water partition coefficient (Wildman–Crippen LogP) is 8.59. The number of hydrogen-bond acceptors (Lipinski definition) is 1. The molecule has 2 fully saturated rings. The minimum Gasteiger partial charge on any atom is -0.350 e. The lowest BCUT2D eigenvalue weighted by atomic mass is 9.70. The first-order valence-electron chi connectivity index (χ1n) is 14.4. The van der Waals surface area contributed by atoms with Crippen LogP contribution in [0, 0.1) is 17.8 Å². The number of unbranched alkanes of at least 4 members (excludes halogenated alkanes) is 2. The molecular formula is C32H47NO. The third kappa shape index (κ3) is 6.86. The molecule has 186 valence electrons. The molecule has 0 aliphatic heterocycles. The lowest BCUT2D eigenvalue weighted by Crippen LogP contribution is -2.36. The van der Waals surface area contributed by atoms with E-state index in [-0.39, 0.29) is 5.91 Å². The van der Waals surface area contributed by atoms with Gasteiger partial charge in [0.1, 0.15) is 0 Å². The average Bonchev–Trinajstić information content (AvgIpc) is 2.90. The highest BCUT2D eigenvalue weighted by molar-refractivity contribution is 5.87. The van der Waals surface area contributed by atoms with E-state index in [1.54, 1.807) is 5.57 Å². The second-order valence-corrected chi connectivity index (χ2v) is 11.4. The molecule has 3 aliphatic carbocycles. The Kier molecular flexibility index (Phi) is 9.48. The van der Waals surface area contributed by atoms with Crippen LogP contribution in [0.3, 0.4) is 0 Å². The van der Waals surface area contributed by atoms with Crippen molar-refractivity contribution < 1.29 is 4.79 Å². The highest BCUT2D eigenvalue weighted by Crippen LogP contribution is 2.42. The van der Waals surface area contributed by atoms with Crippen molar-refractivity contribution in [3.8, 4) is 0 Å². The molecular weight excluding hydrogens is 414 g/mol. The van der Waals surface area contributed by atoms with Crippen LogP contribution in [0.4, 0.5) is 0 Å². The third-order valence-corrected chi connectivity index (χ3v) is 9.24. The van der Waals surface area contributed by atoms with E-state index in [0.717, 1.165) is 43.4 Å². The summed E-state index contributed by atoms with van der Waals surface area (Å²) < 4.78 is 0. The molecule has 0 radical (unpaired) electrons. The molecule has 1 aromatic carbocycles. The Labute approximate surface area is 208 Å². The number of benzene rings is 1. The van der Waals surface area contributed by atoms with Crippen LogP contribution < -0.4 is 5.32 Å². The fourth-order valence-corrected chi connectivity index (χ4v) is 6.98. The molecule has 4 rings (SSSR count). The van der Waals surface area contributed by atoms with Gasteiger partial charge in [0, 0.05) is 6.04 Å². The van der Waals surface area contributed by atoms with Crippen LogP contribution in [0.2, 0.25) is 0 Å². The van der Waals surface area contributed by atoms with Gasteiger partial charge >= 0.3 is 0 Å². The van der Waals surface area contributed by atoms with E-state index >= 15 is 0 Å². The van der Waals surface area contributed by atoms with Crippen LogP contribution >= 0.6 is 0 Å². The van der Waals surface area contributed by atoms with Crippen molar-refractivity contribution >= 4 is 11.5 Å². The first-order valence-corrected chi connectivity index (χ1v) is 14.4. The van der Waals surface area contributed by atoms with Gasteiger partial charge in [-0.25, -0.2) is 0 Å². The second kappa shape index (κ2) is 12.8. The normalized spacial score (nSPS) is 29.8. The maximum absolute atomic E-state index is 11.6. The Balaban J connectivity index is 1.22. The molecule has 1 atom stereocenters. The van der Waals surface area contributed by atoms with Crippen LogP contribution in [0.5, 0.6) is 0 Å². The van der Waals surface area contributed by atoms with E-state index in [9.17, 15) is 4.79 Å². The van der Waals surface area contributed by atoms with Crippen molar-refractivity contribution in [3.63, 3.8) is 0 Å². The van der Waals surface area contributed by atoms with Crippen molar-refractivity contribution in [1.29, 1.82) is 0 Å². The molecule has 1 unspecified atom stereocenters. The number of hydrogen-bond donors (Lipinski definition) is 1. The van der Waals surface area contributed by atoms with Gasteiger partial charge in [-0.3, -0.25) is 4.79 Å². The molecule has 2 heteroatoms. The molecule has 1 amide bonds. The highest BCUT2D eigenvalue weighted by Gasteiger charge is 2.29. The Hall–Kier alpha value is -1.83. The molecule has 2 saturated carbocycles. The zero-order chi connectivity index (χ0) is 23.8. The SMILES string of the molecule is C=CC(=O)NC1CCC(c2ccc(C3=CCC(C4CCC(CCCCC)CC4)CC3)cc2)CC1. The van der Waals surface area contributed by atoms with Crippen molar-refractivity contribution in [2.45, 2.75) is 115 Å². The summed E-state index contributed by atoms with van der Waals surface area (Å²) >= 11 is 0. The Morgan fingerprint density at radius 3 is 2.29 bits per heavy atom. The van der Waals surface area contributed by atoms with Crippen LogP contribution in [0.1, 0.15) is 120 Å². The molecule has 1 N–H and O–H groups in total. The van der Waals surface area contributed by atoms with Crippen LogP contribution in [0.25, 0.3) is 5.57 Å². The predicted molar refractivity (Wildman–Crippen MR) is 145 cm³/mol. The zero-order valence-corrected chi connectivity index (χ0v) is 21.6. The van der Waals surface area contributed by atoms with Gasteiger partial charge in [0.25, 0.3) is 0 Å². The van der Waals surface area contributed by atoms with Crippen molar-refractivity contribution in [3.05, 3.63) is 54.1 Å². The van der Waals surface area contributed by atoms with Crippen LogP contribution in [-0.4, -0.2) is 11.9 Å². The quantitative estimate of drug-likeness (QED) is 0.289. The average molecular weight is 462 g/mol. The van der Waals surface area contributed by atoms with E-state index in [4.69, 9.17) is 0 Å². The third-order valence-electron chi connectivity index (χ3n) is 9.24. The van der Waals surface area contributed by atoms with Gasteiger partial charge in [0.05, 0.1) is 0 Å². The summed E-state index contributed by atoms with van der Waals surface area (Å²) in [6, 6.07) is 9.80. The standard InChI is InChI=1S/C32H47NO/c1-3-5-6-7-24-8-10-25(11-9-24)26-12-14-27(15-13-26)28-16-18-29(19-17-28)30-20-22-31(23-21-30)33-32(34)4-2/h4,14,16-19,24-26,30-31H,2-3,5-13,15,20-23H2,1H3,(H,33,34). The molecule has 0 spiro atoms. The molecule has 0 aromatic heterocycles.